The van der Waals surface area contributed by atoms with Gasteiger partial charge in [0.15, 0.2) is 5.78 Å². The SMILES string of the molecule is C=Cc1cc(Cl)cnc1C(=O)CI. The van der Waals surface area contributed by atoms with Gasteiger partial charge in [-0.1, -0.05) is 46.8 Å². The summed E-state index contributed by atoms with van der Waals surface area (Å²) in [4.78, 5) is 15.3. The second-order valence-electron chi connectivity index (χ2n) is 2.35. The van der Waals surface area contributed by atoms with Crippen molar-refractivity contribution in [3.63, 3.8) is 0 Å². The Morgan fingerprint density at radius 3 is 3.00 bits per heavy atom. The smallest absolute Gasteiger partial charge is 0.191 e. The third-order valence-corrected chi connectivity index (χ3v) is 2.39. The van der Waals surface area contributed by atoms with Crippen LogP contribution in [0.15, 0.2) is 18.8 Å². The highest BCUT2D eigenvalue weighted by molar-refractivity contribution is 14.1. The molecule has 0 atom stereocenters. The average Bonchev–Trinajstić information content (AvgIpc) is 2.16. The Hall–Kier alpha value is -0.420. The molecule has 0 aliphatic carbocycles. The van der Waals surface area contributed by atoms with E-state index in [0.29, 0.717) is 20.7 Å². The Balaban J connectivity index is 3.20. The van der Waals surface area contributed by atoms with Crippen molar-refractivity contribution in [2.24, 2.45) is 0 Å². The van der Waals surface area contributed by atoms with E-state index in [1.807, 2.05) is 22.6 Å². The lowest BCUT2D eigenvalue weighted by Crippen LogP contribution is -2.05. The van der Waals surface area contributed by atoms with E-state index in [4.69, 9.17) is 11.6 Å². The summed E-state index contributed by atoms with van der Waals surface area (Å²) in [6.45, 7) is 3.60. The van der Waals surface area contributed by atoms with Gasteiger partial charge in [0, 0.05) is 11.8 Å². The van der Waals surface area contributed by atoms with Crippen molar-refractivity contribution in [1.82, 2.24) is 4.98 Å². The van der Waals surface area contributed by atoms with Gasteiger partial charge in [-0.2, -0.15) is 0 Å². The summed E-state index contributed by atoms with van der Waals surface area (Å²) in [5.74, 6) is -0.00725. The first-order valence-electron chi connectivity index (χ1n) is 3.56. The molecule has 68 valence electrons. The molecule has 0 N–H and O–H groups in total. The molecule has 13 heavy (non-hydrogen) atoms. The monoisotopic (exact) mass is 307 g/mol. The number of alkyl halides is 1. The van der Waals surface area contributed by atoms with E-state index in [-0.39, 0.29) is 5.78 Å². The minimum Gasteiger partial charge on any atom is -0.292 e. The van der Waals surface area contributed by atoms with E-state index in [9.17, 15) is 4.79 Å². The fourth-order valence-electron chi connectivity index (χ4n) is 0.907. The molecule has 0 amide bonds. The maximum absolute atomic E-state index is 11.3. The van der Waals surface area contributed by atoms with Gasteiger partial charge in [0.2, 0.25) is 0 Å². The molecule has 2 nitrogen and oxygen atoms in total. The second-order valence-corrected chi connectivity index (χ2v) is 3.55. The predicted octanol–water partition coefficient (Wildman–Crippen LogP) is 3.00. The predicted molar refractivity (Wildman–Crippen MR) is 62.6 cm³/mol. The number of hydrogen-bond acceptors (Lipinski definition) is 2. The molecule has 1 aromatic rings. The normalized spacial score (nSPS) is 9.69. The average molecular weight is 308 g/mol. The number of nitrogens with zero attached hydrogens (tertiary/aromatic N) is 1. The third-order valence-electron chi connectivity index (χ3n) is 1.49. The molecule has 0 saturated carbocycles. The molecule has 0 aliphatic rings. The molecule has 0 aliphatic heterocycles. The minimum atomic E-state index is -0.00725. The highest BCUT2D eigenvalue weighted by Gasteiger charge is 2.09. The Bertz CT molecular complexity index is 351. The number of Topliss-reactive ketones (excluding diaryl/α,β-unsaturated/α-hetero) is 1. The molecule has 1 heterocycles. The summed E-state index contributed by atoms with van der Waals surface area (Å²) in [5.41, 5.74) is 1.13. The first kappa shape index (κ1) is 10.7. The van der Waals surface area contributed by atoms with Gasteiger partial charge in [0.1, 0.15) is 5.69 Å². The quantitative estimate of drug-likeness (QED) is 0.488. The fourth-order valence-corrected chi connectivity index (χ4v) is 1.43. The Kier molecular flexibility index (Phi) is 3.87. The largest absolute Gasteiger partial charge is 0.292 e. The van der Waals surface area contributed by atoms with E-state index in [0.717, 1.165) is 0 Å². The number of ketones is 1. The van der Waals surface area contributed by atoms with E-state index >= 15 is 0 Å². The van der Waals surface area contributed by atoms with Crippen molar-refractivity contribution in [3.05, 3.63) is 35.1 Å². The van der Waals surface area contributed by atoms with Crippen molar-refractivity contribution < 1.29 is 4.79 Å². The van der Waals surface area contributed by atoms with Crippen LogP contribution in [-0.2, 0) is 0 Å². The molecule has 0 unspecified atom stereocenters. The van der Waals surface area contributed by atoms with E-state index in [1.54, 1.807) is 12.1 Å². The minimum absolute atomic E-state index is 0.00725. The molecule has 4 heteroatoms. The zero-order chi connectivity index (χ0) is 9.84. The van der Waals surface area contributed by atoms with Crippen LogP contribution < -0.4 is 0 Å². The molecule has 0 bridgehead atoms. The fraction of sp³-hybridized carbons (Fsp3) is 0.111. The van der Waals surface area contributed by atoms with Crippen LogP contribution in [-0.4, -0.2) is 15.2 Å². The summed E-state index contributed by atoms with van der Waals surface area (Å²) in [5, 5.41) is 0.514. The van der Waals surface area contributed by atoms with E-state index < -0.39 is 0 Å². The molecule has 0 saturated heterocycles. The van der Waals surface area contributed by atoms with Crippen molar-refractivity contribution in [1.29, 1.82) is 0 Å². The lowest BCUT2D eigenvalue weighted by Gasteiger charge is -2.01. The number of halogens is 2. The number of carbonyl (C=O) groups excluding carboxylic acids is 1. The molecule has 1 aromatic heterocycles. The summed E-state index contributed by atoms with van der Waals surface area (Å²) in [7, 11) is 0. The summed E-state index contributed by atoms with van der Waals surface area (Å²) in [6.07, 6.45) is 3.05. The molecule has 0 aromatic carbocycles. The van der Waals surface area contributed by atoms with Crippen LogP contribution in [0.25, 0.3) is 6.08 Å². The Morgan fingerprint density at radius 2 is 2.46 bits per heavy atom. The topological polar surface area (TPSA) is 30.0 Å². The molecule has 0 spiro atoms. The highest BCUT2D eigenvalue weighted by atomic mass is 127. The molecular formula is C9H7ClINO. The van der Waals surface area contributed by atoms with Gasteiger partial charge in [-0.3, -0.25) is 9.78 Å². The summed E-state index contributed by atoms with van der Waals surface area (Å²) < 4.78 is 0.410. The van der Waals surface area contributed by atoms with E-state index in [2.05, 4.69) is 11.6 Å². The highest BCUT2D eigenvalue weighted by Crippen LogP contribution is 2.15. The maximum atomic E-state index is 11.3. The van der Waals surface area contributed by atoms with Gasteiger partial charge in [-0.25, -0.2) is 0 Å². The lowest BCUT2D eigenvalue weighted by atomic mass is 10.1. The summed E-state index contributed by atoms with van der Waals surface area (Å²) in [6, 6.07) is 1.68. The lowest BCUT2D eigenvalue weighted by molar-refractivity contribution is 0.102. The third kappa shape index (κ3) is 2.51. The van der Waals surface area contributed by atoms with Crippen LogP contribution in [0.4, 0.5) is 0 Å². The van der Waals surface area contributed by atoms with Crippen LogP contribution in [0, 0.1) is 0 Å². The molecular weight excluding hydrogens is 300 g/mol. The van der Waals surface area contributed by atoms with Gasteiger partial charge in [-0.05, 0) is 6.07 Å². The van der Waals surface area contributed by atoms with Crippen LogP contribution in [0.3, 0.4) is 0 Å². The first-order valence-corrected chi connectivity index (χ1v) is 5.46. The summed E-state index contributed by atoms with van der Waals surface area (Å²) >= 11 is 7.72. The second kappa shape index (κ2) is 4.72. The van der Waals surface area contributed by atoms with Crippen LogP contribution in [0.5, 0.6) is 0 Å². The van der Waals surface area contributed by atoms with Gasteiger partial charge in [-0.15, -0.1) is 0 Å². The van der Waals surface area contributed by atoms with Crippen LogP contribution in [0.2, 0.25) is 5.02 Å². The van der Waals surface area contributed by atoms with Gasteiger partial charge < -0.3 is 0 Å². The number of aromatic nitrogens is 1. The zero-order valence-electron chi connectivity index (χ0n) is 6.76. The van der Waals surface area contributed by atoms with Crippen molar-refractivity contribution in [3.8, 4) is 0 Å². The van der Waals surface area contributed by atoms with Crippen molar-refractivity contribution in [2.75, 3.05) is 4.43 Å². The van der Waals surface area contributed by atoms with Gasteiger partial charge in [0.25, 0.3) is 0 Å². The number of hydrogen-bond donors (Lipinski definition) is 0. The maximum Gasteiger partial charge on any atom is 0.191 e. The van der Waals surface area contributed by atoms with Crippen molar-refractivity contribution >= 4 is 46.1 Å². The van der Waals surface area contributed by atoms with Crippen LogP contribution in [0.1, 0.15) is 16.1 Å². The number of carbonyl (C=O) groups is 1. The number of rotatable bonds is 3. The standard InChI is InChI=1S/C9H7ClINO/c1-2-6-3-7(10)5-12-9(6)8(13)4-11/h2-3,5H,1,4H2. The van der Waals surface area contributed by atoms with Crippen LogP contribution >= 0.6 is 34.2 Å². The number of pyridine rings is 1. The van der Waals surface area contributed by atoms with Gasteiger partial charge >= 0.3 is 0 Å². The van der Waals surface area contributed by atoms with E-state index in [1.165, 1.54) is 6.20 Å². The zero-order valence-corrected chi connectivity index (χ0v) is 9.67. The Morgan fingerprint density at radius 1 is 1.77 bits per heavy atom. The molecule has 1 rings (SSSR count). The Labute approximate surface area is 95.1 Å². The molecule has 0 fully saturated rings. The van der Waals surface area contributed by atoms with Gasteiger partial charge in [0.05, 0.1) is 9.45 Å². The first-order chi connectivity index (χ1) is 6.19. The van der Waals surface area contributed by atoms with Crippen molar-refractivity contribution in [2.45, 2.75) is 0 Å². The molecule has 0 radical (unpaired) electrons.